The molecule has 0 aromatic carbocycles. The first-order valence-corrected chi connectivity index (χ1v) is 6.06. The summed E-state index contributed by atoms with van der Waals surface area (Å²) in [6.45, 7) is 2.52. The summed E-state index contributed by atoms with van der Waals surface area (Å²) in [6.07, 6.45) is 5.02. The molecule has 0 aliphatic rings. The third kappa shape index (κ3) is 8.54. The van der Waals surface area contributed by atoms with E-state index in [4.69, 9.17) is 4.74 Å². The highest BCUT2D eigenvalue weighted by Gasteiger charge is 2.13. The number of esters is 1. The second-order valence-electron chi connectivity index (χ2n) is 3.96. The molecule has 1 amide bonds. The number of nitrogens with zero attached hydrogens (tertiary/aromatic N) is 1. The first-order chi connectivity index (χ1) is 8.11. The van der Waals surface area contributed by atoms with Crippen molar-refractivity contribution in [3.05, 3.63) is 0 Å². The van der Waals surface area contributed by atoms with Gasteiger partial charge in [0.25, 0.3) is 0 Å². The molecular weight excluding hydrogens is 222 g/mol. The third-order valence-electron chi connectivity index (χ3n) is 2.36. The summed E-state index contributed by atoms with van der Waals surface area (Å²) in [7, 11) is 2.77. The number of carbonyl (C=O) groups is 2. The van der Waals surface area contributed by atoms with E-state index in [1.165, 1.54) is 38.3 Å². The van der Waals surface area contributed by atoms with Crippen LogP contribution in [0.15, 0.2) is 0 Å². The molecule has 0 saturated heterocycles. The molecule has 0 radical (unpaired) electrons. The summed E-state index contributed by atoms with van der Waals surface area (Å²) < 4.78 is 9.46. The zero-order chi connectivity index (χ0) is 13.1. The van der Waals surface area contributed by atoms with Gasteiger partial charge in [-0.25, -0.2) is 4.79 Å². The summed E-state index contributed by atoms with van der Waals surface area (Å²) in [6, 6.07) is 0. The van der Waals surface area contributed by atoms with Crippen molar-refractivity contribution in [1.29, 1.82) is 0 Å². The number of hydrogen-bond acceptors (Lipinski definition) is 4. The fourth-order valence-corrected chi connectivity index (χ4v) is 1.35. The Morgan fingerprint density at radius 1 is 1.12 bits per heavy atom. The maximum Gasteiger partial charge on any atom is 0.409 e. The molecule has 0 atom stereocenters. The van der Waals surface area contributed by atoms with Crippen LogP contribution in [-0.4, -0.2) is 44.3 Å². The van der Waals surface area contributed by atoms with Gasteiger partial charge < -0.3 is 14.4 Å². The summed E-state index contributed by atoms with van der Waals surface area (Å²) in [5.41, 5.74) is 0. The average molecular weight is 245 g/mol. The van der Waals surface area contributed by atoms with Crippen LogP contribution in [-0.2, 0) is 14.3 Å². The second kappa shape index (κ2) is 9.93. The molecule has 0 heterocycles. The molecule has 17 heavy (non-hydrogen) atoms. The summed E-state index contributed by atoms with van der Waals surface area (Å²) in [5.74, 6) is -0.395. The van der Waals surface area contributed by atoms with Crippen LogP contribution in [0.25, 0.3) is 0 Å². The molecule has 0 rings (SSSR count). The molecule has 0 aromatic heterocycles. The molecular formula is C12H23NO4. The molecule has 5 heteroatoms. The quantitative estimate of drug-likeness (QED) is 0.486. The number of hydrogen-bond donors (Lipinski definition) is 0. The van der Waals surface area contributed by atoms with Gasteiger partial charge in [-0.05, 0) is 6.42 Å². The van der Waals surface area contributed by atoms with Crippen LogP contribution < -0.4 is 0 Å². The number of likely N-dealkylation sites (N-methyl/N-ethyl adjacent to an activating group) is 1. The molecule has 100 valence electrons. The van der Waals surface area contributed by atoms with Crippen molar-refractivity contribution in [3.63, 3.8) is 0 Å². The zero-order valence-electron chi connectivity index (χ0n) is 11.0. The van der Waals surface area contributed by atoms with Gasteiger partial charge in [-0.15, -0.1) is 0 Å². The fourth-order valence-electron chi connectivity index (χ4n) is 1.35. The van der Waals surface area contributed by atoms with E-state index in [2.05, 4.69) is 11.7 Å². The molecule has 0 spiro atoms. The van der Waals surface area contributed by atoms with Crippen molar-refractivity contribution in [2.24, 2.45) is 0 Å². The molecule has 0 fully saturated rings. The number of unbranched alkanes of at least 4 members (excludes halogenated alkanes) is 4. The van der Waals surface area contributed by atoms with Gasteiger partial charge in [-0.2, -0.15) is 0 Å². The number of methoxy groups -OCH3 is 1. The maximum atomic E-state index is 11.3. The van der Waals surface area contributed by atoms with Gasteiger partial charge in [0.05, 0.1) is 13.7 Å². The first kappa shape index (κ1) is 15.7. The second-order valence-corrected chi connectivity index (χ2v) is 3.96. The maximum absolute atomic E-state index is 11.3. The number of rotatable bonds is 8. The lowest BCUT2D eigenvalue weighted by Gasteiger charge is -2.14. The lowest BCUT2D eigenvalue weighted by molar-refractivity contribution is -0.144. The molecule has 5 nitrogen and oxygen atoms in total. The normalized spacial score (nSPS) is 9.82. The number of carbonyl (C=O) groups excluding carboxylic acids is 2. The minimum atomic E-state index is -0.537. The molecule has 0 unspecified atom stereocenters. The Balaban J connectivity index is 3.49. The highest BCUT2D eigenvalue weighted by Crippen LogP contribution is 2.02. The molecule has 0 aliphatic heterocycles. The lowest BCUT2D eigenvalue weighted by atomic mass is 10.2. The largest absolute Gasteiger partial charge is 0.464 e. The van der Waals surface area contributed by atoms with Crippen LogP contribution >= 0.6 is 0 Å². The first-order valence-electron chi connectivity index (χ1n) is 6.06. The van der Waals surface area contributed by atoms with Crippen molar-refractivity contribution in [1.82, 2.24) is 4.90 Å². The van der Waals surface area contributed by atoms with Gasteiger partial charge in [0, 0.05) is 7.05 Å². The highest BCUT2D eigenvalue weighted by molar-refractivity contribution is 5.77. The Morgan fingerprint density at radius 3 is 2.35 bits per heavy atom. The van der Waals surface area contributed by atoms with Crippen molar-refractivity contribution < 1.29 is 19.1 Å². The highest BCUT2D eigenvalue weighted by atomic mass is 16.5. The van der Waals surface area contributed by atoms with Gasteiger partial charge in [-0.1, -0.05) is 32.6 Å². The van der Waals surface area contributed by atoms with Gasteiger partial charge in [0.2, 0.25) is 0 Å². The molecule has 0 saturated carbocycles. The predicted molar refractivity (Wildman–Crippen MR) is 64.8 cm³/mol. The smallest absolute Gasteiger partial charge is 0.409 e. The predicted octanol–water partition coefficient (Wildman–Crippen LogP) is 2.20. The SMILES string of the molecule is CCCCCCCOC(=O)CN(C)C(=O)OC. The van der Waals surface area contributed by atoms with Gasteiger partial charge in [0.1, 0.15) is 6.54 Å². The van der Waals surface area contributed by atoms with Crippen LogP contribution in [0.4, 0.5) is 4.79 Å². The van der Waals surface area contributed by atoms with E-state index in [1.807, 2.05) is 0 Å². The third-order valence-corrected chi connectivity index (χ3v) is 2.36. The van der Waals surface area contributed by atoms with E-state index >= 15 is 0 Å². The summed E-state index contributed by atoms with van der Waals surface area (Å²) in [5, 5.41) is 0. The van der Waals surface area contributed by atoms with Crippen molar-refractivity contribution in [3.8, 4) is 0 Å². The van der Waals surface area contributed by atoms with E-state index in [1.54, 1.807) is 0 Å². The van der Waals surface area contributed by atoms with E-state index in [-0.39, 0.29) is 6.54 Å². The minimum Gasteiger partial charge on any atom is -0.464 e. The van der Waals surface area contributed by atoms with Crippen LogP contribution in [0.3, 0.4) is 0 Å². The van der Waals surface area contributed by atoms with E-state index in [0.29, 0.717) is 6.61 Å². The molecule has 0 N–H and O–H groups in total. The monoisotopic (exact) mass is 245 g/mol. The Morgan fingerprint density at radius 2 is 1.76 bits per heavy atom. The Labute approximate surface area is 103 Å². The molecule has 0 aliphatic carbocycles. The Hall–Kier alpha value is -1.26. The minimum absolute atomic E-state index is 0.0678. The van der Waals surface area contributed by atoms with E-state index < -0.39 is 12.1 Å². The topological polar surface area (TPSA) is 55.8 Å². The standard InChI is InChI=1S/C12H23NO4/c1-4-5-6-7-8-9-17-11(14)10-13(2)12(15)16-3/h4-10H2,1-3H3. The van der Waals surface area contributed by atoms with E-state index in [0.717, 1.165) is 12.8 Å². The lowest BCUT2D eigenvalue weighted by Crippen LogP contribution is -2.32. The molecule has 0 aromatic rings. The van der Waals surface area contributed by atoms with Gasteiger partial charge >= 0.3 is 12.1 Å². The van der Waals surface area contributed by atoms with E-state index in [9.17, 15) is 9.59 Å². The van der Waals surface area contributed by atoms with Crippen molar-refractivity contribution in [2.45, 2.75) is 39.0 Å². The number of ether oxygens (including phenoxy) is 2. The summed E-state index contributed by atoms with van der Waals surface area (Å²) in [4.78, 5) is 23.5. The van der Waals surface area contributed by atoms with Crippen molar-refractivity contribution in [2.75, 3.05) is 27.3 Å². The summed E-state index contributed by atoms with van der Waals surface area (Å²) >= 11 is 0. The Bertz CT molecular complexity index is 231. The molecule has 0 bridgehead atoms. The van der Waals surface area contributed by atoms with Crippen LogP contribution in [0.5, 0.6) is 0 Å². The van der Waals surface area contributed by atoms with Gasteiger partial charge in [0.15, 0.2) is 0 Å². The van der Waals surface area contributed by atoms with Crippen molar-refractivity contribution >= 4 is 12.1 Å². The zero-order valence-corrected chi connectivity index (χ0v) is 11.0. The van der Waals surface area contributed by atoms with Crippen LogP contribution in [0, 0.1) is 0 Å². The Kier molecular flexibility index (Phi) is 9.19. The van der Waals surface area contributed by atoms with Crippen LogP contribution in [0.2, 0.25) is 0 Å². The average Bonchev–Trinajstić information content (AvgIpc) is 2.32. The van der Waals surface area contributed by atoms with Gasteiger partial charge in [-0.3, -0.25) is 4.79 Å². The van der Waals surface area contributed by atoms with Crippen LogP contribution in [0.1, 0.15) is 39.0 Å². The fraction of sp³-hybridized carbons (Fsp3) is 0.833. The number of amides is 1.